The molecule has 1 saturated heterocycles. The van der Waals surface area contributed by atoms with Crippen LogP contribution in [0.15, 0.2) is 36.7 Å². The van der Waals surface area contributed by atoms with Gasteiger partial charge in [-0.25, -0.2) is 9.97 Å². The third-order valence-corrected chi connectivity index (χ3v) is 4.34. The number of nitrogens with one attached hydrogen (secondary N) is 1. The second-order valence-corrected chi connectivity index (χ2v) is 7.80. The minimum Gasteiger partial charge on any atom is -0.460 e. The summed E-state index contributed by atoms with van der Waals surface area (Å²) in [4.78, 5) is 23.2. The van der Waals surface area contributed by atoms with Gasteiger partial charge in [-0.1, -0.05) is 24.3 Å². The number of nitrogens with zero attached hydrogens (tertiary/aromatic N) is 3. The van der Waals surface area contributed by atoms with E-state index >= 15 is 0 Å². The zero-order valence-corrected chi connectivity index (χ0v) is 16.4. The van der Waals surface area contributed by atoms with E-state index in [0.717, 1.165) is 48.8 Å². The maximum atomic E-state index is 11.9. The molecule has 144 valence electrons. The number of carbonyl (C=O) groups is 1. The number of hydrogen-bond donors (Lipinski definition) is 1. The Labute approximate surface area is 161 Å². The van der Waals surface area contributed by atoms with Crippen LogP contribution in [-0.4, -0.2) is 47.7 Å². The van der Waals surface area contributed by atoms with Crippen molar-refractivity contribution in [2.75, 3.05) is 31.1 Å². The highest BCUT2D eigenvalue weighted by molar-refractivity contribution is 5.70. The molecule has 2 heterocycles. The van der Waals surface area contributed by atoms with Crippen molar-refractivity contribution >= 4 is 11.9 Å². The number of carbonyl (C=O) groups excluding carboxylic acids is 1. The summed E-state index contributed by atoms with van der Waals surface area (Å²) in [6, 6.07) is 8.17. The molecule has 0 aliphatic carbocycles. The molecule has 0 unspecified atom stereocenters. The Hall–Kier alpha value is -2.47. The normalized spacial score (nSPS) is 14.9. The first-order valence-electron chi connectivity index (χ1n) is 9.49. The predicted octanol–water partition coefficient (Wildman–Crippen LogP) is 2.83. The maximum absolute atomic E-state index is 11.9. The standard InChI is InChI=1S/C21H28N4O2/c1-21(2,3)27-19(26)8-7-16-5-4-6-17(13-16)18-14-23-20(24-15-18)25-11-9-22-10-12-25/h4-6,13-15,22H,7-12H2,1-3H3. The van der Waals surface area contributed by atoms with Crippen molar-refractivity contribution in [1.82, 2.24) is 15.3 Å². The van der Waals surface area contributed by atoms with E-state index in [9.17, 15) is 4.79 Å². The molecule has 1 fully saturated rings. The number of ether oxygens (including phenoxy) is 1. The monoisotopic (exact) mass is 368 g/mol. The number of rotatable bonds is 5. The second-order valence-electron chi connectivity index (χ2n) is 7.80. The molecule has 6 nitrogen and oxygen atoms in total. The summed E-state index contributed by atoms with van der Waals surface area (Å²) in [5.41, 5.74) is 2.70. The van der Waals surface area contributed by atoms with Gasteiger partial charge in [0.05, 0.1) is 0 Å². The summed E-state index contributed by atoms with van der Waals surface area (Å²) in [6.45, 7) is 9.44. The van der Waals surface area contributed by atoms with Gasteiger partial charge < -0.3 is 15.0 Å². The molecule has 1 aliphatic rings. The zero-order chi connectivity index (χ0) is 19.3. The number of esters is 1. The lowest BCUT2D eigenvalue weighted by molar-refractivity contribution is -0.154. The Morgan fingerprint density at radius 1 is 1.15 bits per heavy atom. The average Bonchev–Trinajstić information content (AvgIpc) is 2.66. The fourth-order valence-electron chi connectivity index (χ4n) is 3.04. The van der Waals surface area contributed by atoms with Crippen LogP contribution in [0, 0.1) is 0 Å². The molecule has 0 bridgehead atoms. The molecule has 0 amide bonds. The summed E-state index contributed by atoms with van der Waals surface area (Å²) < 4.78 is 5.38. The van der Waals surface area contributed by atoms with Crippen LogP contribution in [0.2, 0.25) is 0 Å². The van der Waals surface area contributed by atoms with Gasteiger partial charge in [0.25, 0.3) is 0 Å². The van der Waals surface area contributed by atoms with E-state index in [2.05, 4.69) is 26.3 Å². The SMILES string of the molecule is CC(C)(C)OC(=O)CCc1cccc(-c2cnc(N3CCNCC3)nc2)c1. The Morgan fingerprint density at radius 2 is 1.85 bits per heavy atom. The number of hydrogen-bond acceptors (Lipinski definition) is 6. The Balaban J connectivity index is 1.63. The van der Waals surface area contributed by atoms with E-state index in [1.807, 2.05) is 51.4 Å². The largest absolute Gasteiger partial charge is 0.460 e. The van der Waals surface area contributed by atoms with Gasteiger partial charge in [-0.15, -0.1) is 0 Å². The molecule has 1 aliphatic heterocycles. The molecular formula is C21H28N4O2. The highest BCUT2D eigenvalue weighted by Gasteiger charge is 2.16. The lowest BCUT2D eigenvalue weighted by atomic mass is 10.0. The summed E-state index contributed by atoms with van der Waals surface area (Å²) in [7, 11) is 0. The number of piperazine rings is 1. The van der Waals surface area contributed by atoms with Gasteiger partial charge >= 0.3 is 5.97 Å². The van der Waals surface area contributed by atoms with Crippen LogP contribution in [-0.2, 0) is 16.0 Å². The Bertz CT molecular complexity index is 762. The second kappa shape index (κ2) is 8.48. The lowest BCUT2D eigenvalue weighted by Gasteiger charge is -2.27. The van der Waals surface area contributed by atoms with Crippen molar-refractivity contribution < 1.29 is 9.53 Å². The summed E-state index contributed by atoms with van der Waals surface area (Å²) in [5.74, 6) is 0.609. The van der Waals surface area contributed by atoms with E-state index in [0.29, 0.717) is 12.8 Å². The molecule has 0 radical (unpaired) electrons. The van der Waals surface area contributed by atoms with E-state index < -0.39 is 5.60 Å². The topological polar surface area (TPSA) is 67.3 Å². The molecule has 0 spiro atoms. The van der Waals surface area contributed by atoms with Crippen molar-refractivity contribution in [3.8, 4) is 11.1 Å². The number of aryl methyl sites for hydroxylation is 1. The molecule has 1 N–H and O–H groups in total. The van der Waals surface area contributed by atoms with Gasteiger partial charge in [0.2, 0.25) is 5.95 Å². The van der Waals surface area contributed by atoms with Crippen LogP contribution in [0.3, 0.4) is 0 Å². The van der Waals surface area contributed by atoms with Crippen LogP contribution >= 0.6 is 0 Å². The van der Waals surface area contributed by atoms with Crippen molar-refractivity contribution in [2.24, 2.45) is 0 Å². The van der Waals surface area contributed by atoms with Gasteiger partial charge in [0, 0.05) is 50.6 Å². The lowest BCUT2D eigenvalue weighted by Crippen LogP contribution is -2.44. The van der Waals surface area contributed by atoms with E-state index in [1.54, 1.807) is 0 Å². The summed E-state index contributed by atoms with van der Waals surface area (Å²) in [5, 5.41) is 3.33. The van der Waals surface area contributed by atoms with Gasteiger partial charge in [-0.05, 0) is 38.3 Å². The molecular weight excluding hydrogens is 340 g/mol. The smallest absolute Gasteiger partial charge is 0.306 e. The van der Waals surface area contributed by atoms with Crippen molar-refractivity contribution in [2.45, 2.75) is 39.2 Å². The third kappa shape index (κ3) is 5.76. The molecule has 6 heteroatoms. The van der Waals surface area contributed by atoms with Crippen molar-refractivity contribution in [3.63, 3.8) is 0 Å². The molecule has 1 aromatic heterocycles. The highest BCUT2D eigenvalue weighted by Crippen LogP contribution is 2.21. The maximum Gasteiger partial charge on any atom is 0.306 e. The molecule has 2 aromatic rings. The fourth-order valence-corrected chi connectivity index (χ4v) is 3.04. The Kier molecular flexibility index (Phi) is 6.06. The molecule has 27 heavy (non-hydrogen) atoms. The van der Waals surface area contributed by atoms with Gasteiger partial charge in [-0.3, -0.25) is 4.79 Å². The molecule has 3 rings (SSSR count). The third-order valence-electron chi connectivity index (χ3n) is 4.34. The molecule has 0 atom stereocenters. The zero-order valence-electron chi connectivity index (χ0n) is 16.4. The molecule has 1 aromatic carbocycles. The average molecular weight is 368 g/mol. The van der Waals surface area contributed by atoms with Crippen LogP contribution in [0.5, 0.6) is 0 Å². The van der Waals surface area contributed by atoms with Crippen molar-refractivity contribution in [1.29, 1.82) is 0 Å². The van der Waals surface area contributed by atoms with Gasteiger partial charge in [-0.2, -0.15) is 0 Å². The minimum absolute atomic E-state index is 0.170. The van der Waals surface area contributed by atoms with Crippen LogP contribution in [0.1, 0.15) is 32.8 Å². The van der Waals surface area contributed by atoms with E-state index in [-0.39, 0.29) is 5.97 Å². The molecule has 0 saturated carbocycles. The van der Waals surface area contributed by atoms with E-state index in [1.165, 1.54) is 0 Å². The highest BCUT2D eigenvalue weighted by atomic mass is 16.6. The summed E-state index contributed by atoms with van der Waals surface area (Å²) >= 11 is 0. The fraction of sp³-hybridized carbons (Fsp3) is 0.476. The Morgan fingerprint density at radius 3 is 2.52 bits per heavy atom. The first-order chi connectivity index (χ1) is 12.9. The number of aromatic nitrogens is 2. The number of benzene rings is 1. The van der Waals surface area contributed by atoms with E-state index in [4.69, 9.17) is 4.74 Å². The van der Waals surface area contributed by atoms with Gasteiger partial charge in [0.1, 0.15) is 5.60 Å². The number of anilines is 1. The first-order valence-corrected chi connectivity index (χ1v) is 9.49. The summed E-state index contributed by atoms with van der Waals surface area (Å²) in [6.07, 6.45) is 4.77. The first kappa shape index (κ1) is 19.3. The van der Waals surface area contributed by atoms with Crippen LogP contribution in [0.25, 0.3) is 11.1 Å². The predicted molar refractivity (Wildman–Crippen MR) is 107 cm³/mol. The van der Waals surface area contributed by atoms with Crippen LogP contribution in [0.4, 0.5) is 5.95 Å². The minimum atomic E-state index is -0.442. The van der Waals surface area contributed by atoms with Crippen LogP contribution < -0.4 is 10.2 Å². The quantitative estimate of drug-likeness (QED) is 0.819. The van der Waals surface area contributed by atoms with Crippen molar-refractivity contribution in [3.05, 3.63) is 42.2 Å². The van der Waals surface area contributed by atoms with Gasteiger partial charge in [0.15, 0.2) is 0 Å².